The van der Waals surface area contributed by atoms with E-state index in [4.69, 9.17) is 0 Å². The molecule has 0 spiro atoms. The smallest absolute Gasteiger partial charge is 0.191 e. The summed E-state index contributed by atoms with van der Waals surface area (Å²) in [6.07, 6.45) is 3.74. The Hall–Kier alpha value is -1.89. The van der Waals surface area contributed by atoms with Crippen LogP contribution in [-0.2, 0) is 13.1 Å². The third-order valence-corrected chi connectivity index (χ3v) is 4.04. The van der Waals surface area contributed by atoms with Crippen LogP contribution < -0.4 is 10.6 Å². The van der Waals surface area contributed by atoms with Crippen LogP contribution in [0.25, 0.3) is 0 Å². The van der Waals surface area contributed by atoms with Gasteiger partial charge >= 0.3 is 0 Å². The molecule has 7 heteroatoms. The second-order valence-corrected chi connectivity index (χ2v) is 5.93. The van der Waals surface area contributed by atoms with E-state index in [0.29, 0.717) is 6.54 Å². The molecule has 0 aliphatic rings. The summed E-state index contributed by atoms with van der Waals surface area (Å²) in [4.78, 5) is 10.3. The maximum atomic E-state index is 4.57. The first kappa shape index (κ1) is 15.5. The van der Waals surface area contributed by atoms with E-state index in [9.17, 15) is 0 Å². The molecule has 0 saturated heterocycles. The van der Waals surface area contributed by atoms with Gasteiger partial charge in [0.15, 0.2) is 5.96 Å². The van der Waals surface area contributed by atoms with Crippen LogP contribution in [0.3, 0.4) is 0 Å². The summed E-state index contributed by atoms with van der Waals surface area (Å²) in [7, 11) is 0. The van der Waals surface area contributed by atoms with Crippen LogP contribution in [-0.4, -0.2) is 33.8 Å². The molecule has 21 heavy (non-hydrogen) atoms. The van der Waals surface area contributed by atoms with Gasteiger partial charge in [0.05, 0.1) is 18.8 Å². The van der Waals surface area contributed by atoms with Gasteiger partial charge in [0.25, 0.3) is 0 Å². The topological polar surface area (TPSA) is 67.1 Å². The molecule has 0 atom stereocenters. The Kier molecular flexibility index (Phi) is 5.74. The lowest BCUT2D eigenvalue weighted by Crippen LogP contribution is -2.38. The molecule has 0 amide bonds. The lowest BCUT2D eigenvalue weighted by atomic mass is 10.4. The van der Waals surface area contributed by atoms with Gasteiger partial charge in [-0.15, -0.1) is 11.3 Å². The van der Waals surface area contributed by atoms with Gasteiger partial charge in [-0.25, -0.2) is 9.98 Å². The van der Waals surface area contributed by atoms with Crippen molar-refractivity contribution in [1.29, 1.82) is 0 Å². The van der Waals surface area contributed by atoms with Crippen LogP contribution in [0.15, 0.2) is 23.5 Å². The summed E-state index contributed by atoms with van der Waals surface area (Å²) in [5, 5.41) is 11.8. The Morgan fingerprint density at radius 3 is 2.86 bits per heavy atom. The lowest BCUT2D eigenvalue weighted by Gasteiger charge is -2.10. The first-order valence-electron chi connectivity index (χ1n) is 7.11. The number of guanidine groups is 1. The summed E-state index contributed by atoms with van der Waals surface area (Å²) in [6.45, 7) is 9.22. The second-order valence-electron chi connectivity index (χ2n) is 4.64. The molecule has 2 N–H and O–H groups in total. The van der Waals surface area contributed by atoms with E-state index in [1.165, 1.54) is 4.88 Å². The van der Waals surface area contributed by atoms with E-state index in [1.54, 1.807) is 17.5 Å². The number of rotatable bonds is 6. The van der Waals surface area contributed by atoms with Crippen molar-refractivity contribution in [3.63, 3.8) is 0 Å². The quantitative estimate of drug-likeness (QED) is 0.630. The number of hydrogen-bond donors (Lipinski definition) is 2. The van der Waals surface area contributed by atoms with Crippen LogP contribution in [0.2, 0.25) is 0 Å². The number of nitrogens with one attached hydrogen (secondary N) is 2. The number of nitrogens with zero attached hydrogens (tertiary/aromatic N) is 4. The summed E-state index contributed by atoms with van der Waals surface area (Å²) < 4.78 is 1.89. The number of hydrogen-bond acceptors (Lipinski definition) is 4. The van der Waals surface area contributed by atoms with Gasteiger partial charge in [0, 0.05) is 30.4 Å². The Balaban J connectivity index is 1.86. The van der Waals surface area contributed by atoms with Gasteiger partial charge in [-0.05, 0) is 26.8 Å². The van der Waals surface area contributed by atoms with Crippen LogP contribution in [0, 0.1) is 13.8 Å². The third-order valence-electron chi connectivity index (χ3n) is 2.98. The van der Waals surface area contributed by atoms with Crippen molar-refractivity contribution < 1.29 is 0 Å². The zero-order chi connectivity index (χ0) is 15.1. The molecule has 2 aromatic rings. The van der Waals surface area contributed by atoms with Crippen molar-refractivity contribution in [2.45, 2.75) is 33.9 Å². The van der Waals surface area contributed by atoms with Crippen LogP contribution in [0.5, 0.6) is 0 Å². The number of thiazole rings is 1. The van der Waals surface area contributed by atoms with Gasteiger partial charge in [-0.3, -0.25) is 4.68 Å². The van der Waals surface area contributed by atoms with Crippen molar-refractivity contribution >= 4 is 17.3 Å². The van der Waals surface area contributed by atoms with Crippen molar-refractivity contribution in [2.24, 2.45) is 4.99 Å². The molecule has 0 unspecified atom stereocenters. The summed E-state index contributed by atoms with van der Waals surface area (Å²) in [5.74, 6) is 0.815. The molecule has 0 aliphatic heterocycles. The van der Waals surface area contributed by atoms with Crippen molar-refractivity contribution in [3.05, 3.63) is 34.0 Å². The summed E-state index contributed by atoms with van der Waals surface area (Å²) in [6, 6.07) is 1.92. The van der Waals surface area contributed by atoms with E-state index in [1.807, 2.05) is 23.9 Å². The molecule has 6 nitrogen and oxygen atoms in total. The normalized spacial score (nSPS) is 11.7. The predicted octanol–water partition coefficient (Wildman–Crippen LogP) is 1.71. The van der Waals surface area contributed by atoms with E-state index in [0.717, 1.165) is 36.3 Å². The lowest BCUT2D eigenvalue weighted by molar-refractivity contribution is 0.598. The largest absolute Gasteiger partial charge is 0.357 e. The highest BCUT2D eigenvalue weighted by atomic mass is 32.1. The van der Waals surface area contributed by atoms with E-state index < -0.39 is 0 Å². The SMILES string of the molecule is CCNC(=NCc1nc(C)c(C)s1)NCCn1cccn1. The molecule has 114 valence electrons. The number of aliphatic imine (C=N–C) groups is 1. The van der Waals surface area contributed by atoms with Crippen molar-refractivity contribution in [2.75, 3.05) is 13.1 Å². The maximum absolute atomic E-state index is 4.57. The van der Waals surface area contributed by atoms with Crippen LogP contribution >= 0.6 is 11.3 Å². The minimum atomic E-state index is 0.608. The Bertz CT molecular complexity index is 553. The first-order chi connectivity index (χ1) is 10.2. The van der Waals surface area contributed by atoms with Gasteiger partial charge in [0.2, 0.25) is 0 Å². The predicted molar refractivity (Wildman–Crippen MR) is 86.6 cm³/mol. The molecule has 2 rings (SSSR count). The van der Waals surface area contributed by atoms with E-state index in [2.05, 4.69) is 39.6 Å². The first-order valence-corrected chi connectivity index (χ1v) is 7.93. The summed E-state index contributed by atoms with van der Waals surface area (Å²) >= 11 is 1.71. The fraction of sp³-hybridized carbons (Fsp3) is 0.500. The maximum Gasteiger partial charge on any atom is 0.191 e. The number of aryl methyl sites for hydroxylation is 2. The molecule has 0 fully saturated rings. The molecule has 0 saturated carbocycles. The fourth-order valence-corrected chi connectivity index (χ4v) is 2.68. The third kappa shape index (κ3) is 4.86. The molecule has 2 heterocycles. The average Bonchev–Trinajstić information content (AvgIpc) is 3.07. The summed E-state index contributed by atoms with van der Waals surface area (Å²) in [5.41, 5.74) is 1.10. The molecule has 0 radical (unpaired) electrons. The second kappa shape index (κ2) is 7.78. The Labute approximate surface area is 129 Å². The van der Waals surface area contributed by atoms with E-state index >= 15 is 0 Å². The van der Waals surface area contributed by atoms with Crippen LogP contribution in [0.1, 0.15) is 22.5 Å². The van der Waals surface area contributed by atoms with Crippen molar-refractivity contribution in [1.82, 2.24) is 25.4 Å². The van der Waals surface area contributed by atoms with Crippen LogP contribution in [0.4, 0.5) is 0 Å². The molecule has 0 aromatic carbocycles. The van der Waals surface area contributed by atoms with Crippen molar-refractivity contribution in [3.8, 4) is 0 Å². The highest BCUT2D eigenvalue weighted by Gasteiger charge is 2.03. The monoisotopic (exact) mass is 306 g/mol. The highest BCUT2D eigenvalue weighted by molar-refractivity contribution is 7.11. The zero-order valence-electron chi connectivity index (χ0n) is 12.8. The Morgan fingerprint density at radius 2 is 2.24 bits per heavy atom. The Morgan fingerprint density at radius 1 is 1.38 bits per heavy atom. The van der Waals surface area contributed by atoms with Gasteiger partial charge in [-0.2, -0.15) is 5.10 Å². The highest BCUT2D eigenvalue weighted by Crippen LogP contribution is 2.16. The number of aromatic nitrogens is 3. The molecular weight excluding hydrogens is 284 g/mol. The minimum absolute atomic E-state index is 0.608. The van der Waals surface area contributed by atoms with E-state index in [-0.39, 0.29) is 0 Å². The standard InChI is InChI=1S/C14H22N6S/c1-4-15-14(16-7-9-20-8-5-6-18-20)17-10-13-19-11(2)12(3)21-13/h5-6,8H,4,7,9-10H2,1-3H3,(H2,15,16,17). The average molecular weight is 306 g/mol. The molecule has 0 bridgehead atoms. The van der Waals surface area contributed by atoms with Gasteiger partial charge in [-0.1, -0.05) is 0 Å². The minimum Gasteiger partial charge on any atom is -0.357 e. The fourth-order valence-electron chi connectivity index (χ4n) is 1.82. The molecule has 2 aromatic heterocycles. The molecular formula is C14H22N6S. The van der Waals surface area contributed by atoms with Gasteiger partial charge < -0.3 is 10.6 Å². The molecule has 0 aliphatic carbocycles. The van der Waals surface area contributed by atoms with Gasteiger partial charge in [0.1, 0.15) is 5.01 Å². The zero-order valence-corrected chi connectivity index (χ0v) is 13.6.